The zero-order valence-corrected chi connectivity index (χ0v) is 37.0. The third-order valence-corrected chi connectivity index (χ3v) is 13.0. The summed E-state index contributed by atoms with van der Waals surface area (Å²) in [7, 11) is 0. The van der Waals surface area contributed by atoms with E-state index in [-0.39, 0.29) is 50.6 Å². The van der Waals surface area contributed by atoms with Crippen LogP contribution in [-0.2, 0) is 43.1 Å². The minimum Gasteiger partial charge on any atom is -0.481 e. The molecule has 0 aromatic heterocycles. The summed E-state index contributed by atoms with van der Waals surface area (Å²) in [4.78, 5) is 110. The maximum absolute atomic E-state index is 14.1. The van der Waals surface area contributed by atoms with Gasteiger partial charge >= 0.3 is 5.97 Å². The minimum absolute atomic E-state index is 0.00959. The number of nitrogens with one attached hydrogen (secondary N) is 4. The first kappa shape index (κ1) is 52.9. The lowest BCUT2D eigenvalue weighted by molar-refractivity contribution is -0.173. The van der Waals surface area contributed by atoms with Gasteiger partial charge in [-0.05, 0) is 63.4 Å². The second-order valence-electron chi connectivity index (χ2n) is 15.5. The van der Waals surface area contributed by atoms with E-state index in [0.29, 0.717) is 37.2 Å². The highest BCUT2D eigenvalue weighted by atomic mass is 32.2. The van der Waals surface area contributed by atoms with Crippen molar-refractivity contribution in [3.8, 4) is 0 Å². The van der Waals surface area contributed by atoms with Gasteiger partial charge in [-0.25, -0.2) is 0 Å². The zero-order valence-electron chi connectivity index (χ0n) is 35.4. The van der Waals surface area contributed by atoms with E-state index in [1.54, 1.807) is 0 Å². The quantitative estimate of drug-likeness (QED) is 0.0244. The first-order chi connectivity index (χ1) is 29.8. The Morgan fingerprint density at radius 2 is 1.46 bits per heavy atom. The van der Waals surface area contributed by atoms with Crippen LogP contribution in [0.3, 0.4) is 0 Å². The number of aliphatic hydroxyl groups is 3. The maximum Gasteiger partial charge on any atom is 0.305 e. The van der Waals surface area contributed by atoms with Gasteiger partial charge in [0, 0.05) is 32.3 Å². The molecular weight excluding hydrogens is 871 g/mol. The van der Waals surface area contributed by atoms with Gasteiger partial charge < -0.3 is 79.2 Å². The lowest BCUT2D eigenvalue weighted by Crippen LogP contribution is -2.63. The molecule has 0 radical (unpaired) electrons. The number of carbonyl (C=O) groups is 8. The Morgan fingerprint density at radius 3 is 2.05 bits per heavy atom. The topological polar surface area (TPSA) is 398 Å². The molecule has 3 aliphatic heterocycles. The number of amides is 7. The van der Waals surface area contributed by atoms with Crippen molar-refractivity contribution >= 4 is 76.8 Å². The molecule has 356 valence electrons. The van der Waals surface area contributed by atoms with Crippen molar-refractivity contribution < 1.29 is 63.5 Å². The molecule has 0 aromatic carbocycles. The Labute approximate surface area is 373 Å². The molecule has 24 nitrogen and oxygen atoms in total. The number of nitrogens with zero attached hydrogens (tertiary/aromatic N) is 3. The molecule has 0 saturated carbocycles. The fourth-order valence-electron chi connectivity index (χ4n) is 7.41. The fourth-order valence-corrected chi connectivity index (χ4v) is 9.78. The Bertz CT molecular complexity index is 1660. The molecule has 26 heteroatoms. The van der Waals surface area contributed by atoms with E-state index in [2.05, 4.69) is 26.3 Å². The van der Waals surface area contributed by atoms with Crippen molar-refractivity contribution in [1.29, 1.82) is 0 Å². The first-order valence-electron chi connectivity index (χ1n) is 20.7. The van der Waals surface area contributed by atoms with E-state index < -0.39 is 126 Å². The second kappa shape index (κ2) is 25.7. The van der Waals surface area contributed by atoms with Crippen LogP contribution in [0.1, 0.15) is 65.2 Å². The molecule has 3 fully saturated rings. The number of hydrogen-bond acceptors (Lipinski definition) is 16. The van der Waals surface area contributed by atoms with Gasteiger partial charge in [0.25, 0.3) is 0 Å². The number of aliphatic carboxylic acids is 1. The van der Waals surface area contributed by atoms with Crippen molar-refractivity contribution in [2.75, 3.05) is 43.5 Å². The molecule has 0 bridgehead atoms. The lowest BCUT2D eigenvalue weighted by atomic mass is 9.98. The van der Waals surface area contributed by atoms with E-state index in [9.17, 15) is 58.8 Å². The summed E-state index contributed by atoms with van der Waals surface area (Å²) in [5.74, 6) is -6.00. The molecule has 0 aromatic rings. The average molecular weight is 934 g/mol. The SMILES string of the molecule is CC(=O)N[C@@H]1[C@@H](O)[C@@H](O)[C@@H](CO)O[C@@H]1SCCCSC[C@H](NC(=O)[C@H](CC(=O)O)NC(=O)[C@@H]1CCCN1C(=O)[C@H](C)N)C(=O)N[C@@H](CCCN=C(N)N)C(=O)N1CCC[C@H]1C(N)=O. The normalized spacial score (nSPS) is 25.2. The van der Waals surface area contributed by atoms with Gasteiger partial charge in [0.05, 0.1) is 25.1 Å². The van der Waals surface area contributed by atoms with Crippen molar-refractivity contribution in [3.63, 3.8) is 0 Å². The molecule has 3 saturated heterocycles. The number of rotatable bonds is 24. The van der Waals surface area contributed by atoms with Crippen LogP contribution < -0.4 is 44.2 Å². The van der Waals surface area contributed by atoms with Crippen LogP contribution in [0.2, 0.25) is 0 Å². The molecule has 0 unspecified atom stereocenters. The molecule has 0 spiro atoms. The number of carboxylic acids is 1. The summed E-state index contributed by atoms with van der Waals surface area (Å²) in [5, 5.41) is 50.5. The second-order valence-corrected chi connectivity index (χ2v) is 17.9. The number of aliphatic hydroxyl groups excluding tert-OH is 3. The lowest BCUT2D eigenvalue weighted by Gasteiger charge is -2.42. The van der Waals surface area contributed by atoms with Crippen molar-refractivity contribution in [2.24, 2.45) is 27.9 Å². The van der Waals surface area contributed by atoms with Crippen LogP contribution in [0.15, 0.2) is 4.99 Å². The average Bonchev–Trinajstić information content (AvgIpc) is 3.92. The van der Waals surface area contributed by atoms with Gasteiger partial charge in [-0.3, -0.25) is 43.3 Å². The van der Waals surface area contributed by atoms with Crippen molar-refractivity contribution in [3.05, 3.63) is 0 Å². The Balaban J connectivity index is 1.82. The van der Waals surface area contributed by atoms with Crippen molar-refractivity contribution in [1.82, 2.24) is 31.1 Å². The van der Waals surface area contributed by atoms with Crippen LogP contribution in [0.25, 0.3) is 0 Å². The summed E-state index contributed by atoms with van der Waals surface area (Å²) in [5.41, 5.74) is 21.4. The number of carboxylic acid groups (broad SMARTS) is 1. The van der Waals surface area contributed by atoms with E-state index in [1.807, 2.05) is 0 Å². The van der Waals surface area contributed by atoms with Crippen LogP contribution >= 0.6 is 23.5 Å². The number of guanidine groups is 1. The molecule has 3 heterocycles. The molecule has 0 aliphatic carbocycles. The van der Waals surface area contributed by atoms with E-state index in [0.717, 1.165) is 0 Å². The van der Waals surface area contributed by atoms with Gasteiger partial charge in [-0.1, -0.05) is 0 Å². The molecule has 16 N–H and O–H groups in total. The highest BCUT2D eigenvalue weighted by molar-refractivity contribution is 8.00. The van der Waals surface area contributed by atoms with Crippen LogP contribution in [-0.4, -0.2) is 193 Å². The standard InChI is InChI=1S/C37H63N11O13S2/c1-18(38)34(59)48-12-5-9-24(48)33(58)45-21(15-26(51)52)31(56)46-22(17-62-13-6-14-63-36-27(43-19(2)50)29(54)28(53)25(16-49)61-36)32(57)44-20(7-3-10-42-37(40)41)35(60)47-11-4-8-23(47)30(39)55/h18,20-25,27-29,36,49,53-54H,3-17,38H2,1-2H3,(H2,39,55)(H,43,50)(H,44,57)(H,45,58)(H,46,56)(H,51,52)(H4,40,41,42)/t18-,20-,21-,22-,23-,24-,25+,27+,28-,29+,36+/m0/s1. The van der Waals surface area contributed by atoms with Gasteiger partial charge in [-0.2, -0.15) is 11.8 Å². The van der Waals surface area contributed by atoms with Gasteiger partial charge in [0.2, 0.25) is 41.4 Å². The number of carbonyl (C=O) groups excluding carboxylic acids is 7. The smallest absolute Gasteiger partial charge is 0.305 e. The number of ether oxygens (including phenoxy) is 1. The van der Waals surface area contributed by atoms with E-state index in [1.165, 1.54) is 47.2 Å². The van der Waals surface area contributed by atoms with E-state index in [4.69, 9.17) is 27.7 Å². The molecule has 3 rings (SSSR count). The molecule has 7 amide bonds. The zero-order chi connectivity index (χ0) is 47.0. The summed E-state index contributed by atoms with van der Waals surface area (Å²) >= 11 is 2.41. The van der Waals surface area contributed by atoms with Crippen molar-refractivity contribution in [2.45, 2.75) is 131 Å². The Morgan fingerprint density at radius 1 is 0.841 bits per heavy atom. The summed E-state index contributed by atoms with van der Waals surface area (Å²) in [6, 6.07) is -8.18. The summed E-state index contributed by atoms with van der Waals surface area (Å²) in [6.07, 6.45) is -2.67. The number of nitrogens with two attached hydrogens (primary N) is 4. The predicted octanol–water partition coefficient (Wildman–Crippen LogP) is -5.42. The fraction of sp³-hybridized carbons (Fsp3) is 0.757. The minimum atomic E-state index is -1.69. The maximum atomic E-state index is 14.1. The van der Waals surface area contributed by atoms with E-state index >= 15 is 0 Å². The molecular formula is C37H63N11O13S2. The highest BCUT2D eigenvalue weighted by Gasteiger charge is 2.45. The Kier molecular flexibility index (Phi) is 21.6. The van der Waals surface area contributed by atoms with Gasteiger partial charge in [-0.15, -0.1) is 11.8 Å². The Hall–Kier alpha value is -4.47. The summed E-state index contributed by atoms with van der Waals surface area (Å²) < 4.78 is 5.76. The third kappa shape index (κ3) is 15.9. The van der Waals surface area contributed by atoms with Crippen LogP contribution in [0.5, 0.6) is 0 Å². The van der Waals surface area contributed by atoms with Crippen LogP contribution in [0, 0.1) is 0 Å². The van der Waals surface area contributed by atoms with Gasteiger partial charge in [0.1, 0.15) is 54.0 Å². The number of likely N-dealkylation sites (tertiary alicyclic amines) is 2. The highest BCUT2D eigenvalue weighted by Crippen LogP contribution is 2.29. The monoisotopic (exact) mass is 933 g/mol. The number of aliphatic imine (C=N–C) groups is 1. The number of hydrogen-bond donors (Lipinski definition) is 12. The molecule has 63 heavy (non-hydrogen) atoms. The molecule has 11 atom stereocenters. The number of thioether (sulfide) groups is 2. The van der Waals surface area contributed by atoms with Crippen LogP contribution in [0.4, 0.5) is 0 Å². The first-order valence-corrected chi connectivity index (χ1v) is 22.9. The predicted molar refractivity (Wildman–Crippen MR) is 230 cm³/mol. The summed E-state index contributed by atoms with van der Waals surface area (Å²) in [6.45, 7) is 2.64. The molecule has 3 aliphatic rings. The third-order valence-electron chi connectivity index (χ3n) is 10.5. The largest absolute Gasteiger partial charge is 0.481 e. The number of primary amides is 1. The van der Waals surface area contributed by atoms with Gasteiger partial charge in [0.15, 0.2) is 5.96 Å².